The molecule has 0 aliphatic rings. The molecule has 5 aromatic rings. The highest BCUT2D eigenvalue weighted by Crippen LogP contribution is 2.34. The summed E-state index contributed by atoms with van der Waals surface area (Å²) in [6.45, 7) is 2.07. The minimum Gasteiger partial charge on any atom is -0.439 e. The summed E-state index contributed by atoms with van der Waals surface area (Å²) in [5, 5.41) is 0. The van der Waals surface area contributed by atoms with Crippen molar-refractivity contribution in [2.45, 2.75) is 12.8 Å². The zero-order valence-electron chi connectivity index (χ0n) is 15.6. The van der Waals surface area contributed by atoms with Crippen molar-refractivity contribution < 1.29 is 4.42 Å². The Bertz CT molecular complexity index is 1170. The van der Waals surface area contributed by atoms with Gasteiger partial charge in [-0.25, -0.2) is 4.98 Å². The van der Waals surface area contributed by atoms with Crippen LogP contribution in [0.3, 0.4) is 0 Å². The molecule has 0 aliphatic heterocycles. The molecule has 5 rings (SSSR count). The van der Waals surface area contributed by atoms with Crippen molar-refractivity contribution in [3.63, 3.8) is 0 Å². The van der Waals surface area contributed by atoms with E-state index in [4.69, 9.17) is 9.40 Å². The first-order valence-corrected chi connectivity index (χ1v) is 9.44. The first kappa shape index (κ1) is 16.6. The standard InChI is InChI=1S/C25H20N2O/c1-18-16-21(27-14-8-9-15-27)17-22-24(18)28-25(26-22)23(19-10-4-2-5-11-19)20-12-6-3-7-13-20/h2-17,23H,1H3. The van der Waals surface area contributed by atoms with E-state index in [1.165, 1.54) is 11.1 Å². The van der Waals surface area contributed by atoms with Crippen LogP contribution in [0.1, 0.15) is 28.5 Å². The third-order valence-electron chi connectivity index (χ3n) is 5.09. The Morgan fingerprint density at radius 3 is 2.00 bits per heavy atom. The third-order valence-corrected chi connectivity index (χ3v) is 5.09. The second-order valence-corrected chi connectivity index (χ2v) is 7.01. The number of oxazole rings is 1. The molecule has 0 fully saturated rings. The summed E-state index contributed by atoms with van der Waals surface area (Å²) >= 11 is 0. The molecule has 0 spiro atoms. The topological polar surface area (TPSA) is 31.0 Å². The van der Waals surface area contributed by atoms with E-state index in [0.717, 1.165) is 28.2 Å². The van der Waals surface area contributed by atoms with Gasteiger partial charge < -0.3 is 8.98 Å². The smallest absolute Gasteiger partial charge is 0.207 e. The predicted molar refractivity (Wildman–Crippen MR) is 112 cm³/mol. The summed E-state index contributed by atoms with van der Waals surface area (Å²) in [5.41, 5.74) is 6.25. The van der Waals surface area contributed by atoms with Crippen molar-refractivity contribution in [2.24, 2.45) is 0 Å². The Kier molecular flexibility index (Phi) is 4.06. The van der Waals surface area contributed by atoms with Crippen molar-refractivity contribution in [2.75, 3.05) is 0 Å². The zero-order valence-corrected chi connectivity index (χ0v) is 15.6. The maximum atomic E-state index is 6.32. The quantitative estimate of drug-likeness (QED) is 0.385. The van der Waals surface area contributed by atoms with E-state index in [1.54, 1.807) is 0 Å². The molecule has 2 aromatic heterocycles. The molecule has 0 N–H and O–H groups in total. The fraction of sp³-hybridized carbons (Fsp3) is 0.0800. The molecule has 136 valence electrons. The average molecular weight is 364 g/mol. The lowest BCUT2D eigenvalue weighted by Gasteiger charge is -2.14. The molecule has 3 heteroatoms. The molecule has 0 aliphatic carbocycles. The fourth-order valence-corrected chi connectivity index (χ4v) is 3.75. The van der Waals surface area contributed by atoms with Gasteiger partial charge in [-0.1, -0.05) is 60.7 Å². The van der Waals surface area contributed by atoms with Crippen molar-refractivity contribution in [1.29, 1.82) is 0 Å². The summed E-state index contributed by atoms with van der Waals surface area (Å²) in [4.78, 5) is 4.92. The van der Waals surface area contributed by atoms with Crippen molar-refractivity contribution >= 4 is 11.1 Å². The first-order chi connectivity index (χ1) is 13.8. The predicted octanol–water partition coefficient (Wildman–Crippen LogP) is 6.11. The number of nitrogens with zero attached hydrogens (tertiary/aromatic N) is 2. The van der Waals surface area contributed by atoms with E-state index in [-0.39, 0.29) is 5.92 Å². The Balaban J connectivity index is 1.68. The Morgan fingerprint density at radius 1 is 0.786 bits per heavy atom. The van der Waals surface area contributed by atoms with E-state index in [1.807, 2.05) is 36.7 Å². The maximum Gasteiger partial charge on any atom is 0.207 e. The summed E-state index contributed by atoms with van der Waals surface area (Å²) in [6, 6.07) is 29.1. The number of hydrogen-bond acceptors (Lipinski definition) is 2. The highest BCUT2D eigenvalue weighted by atomic mass is 16.3. The van der Waals surface area contributed by atoms with Gasteiger partial charge in [-0.3, -0.25) is 0 Å². The molecule has 3 nitrogen and oxygen atoms in total. The van der Waals surface area contributed by atoms with E-state index in [0.29, 0.717) is 0 Å². The van der Waals surface area contributed by atoms with Crippen LogP contribution in [0.2, 0.25) is 0 Å². The zero-order chi connectivity index (χ0) is 18.9. The number of rotatable bonds is 4. The van der Waals surface area contributed by atoms with Crippen LogP contribution in [0.25, 0.3) is 16.8 Å². The normalized spacial score (nSPS) is 11.4. The van der Waals surface area contributed by atoms with Crippen LogP contribution >= 0.6 is 0 Å². The van der Waals surface area contributed by atoms with Gasteiger partial charge in [0.05, 0.1) is 5.92 Å². The summed E-state index contributed by atoms with van der Waals surface area (Å²) < 4.78 is 8.41. The SMILES string of the molecule is Cc1cc(-n2cccc2)cc2nc(C(c3ccccc3)c3ccccc3)oc12. The first-order valence-electron chi connectivity index (χ1n) is 9.44. The molecule has 28 heavy (non-hydrogen) atoms. The van der Waals surface area contributed by atoms with E-state index in [2.05, 4.69) is 72.2 Å². The van der Waals surface area contributed by atoms with Crippen LogP contribution < -0.4 is 0 Å². The van der Waals surface area contributed by atoms with Crippen LogP contribution in [0, 0.1) is 6.92 Å². The second-order valence-electron chi connectivity index (χ2n) is 7.01. The van der Waals surface area contributed by atoms with Gasteiger partial charge in [0.1, 0.15) is 5.52 Å². The van der Waals surface area contributed by atoms with Crippen LogP contribution in [-0.4, -0.2) is 9.55 Å². The van der Waals surface area contributed by atoms with E-state index >= 15 is 0 Å². The minimum absolute atomic E-state index is 0.0378. The molecule has 0 saturated carbocycles. The molecule has 0 saturated heterocycles. The van der Waals surface area contributed by atoms with Gasteiger partial charge in [0, 0.05) is 18.1 Å². The highest BCUT2D eigenvalue weighted by molar-refractivity contribution is 5.79. The summed E-state index contributed by atoms with van der Waals surface area (Å²) in [7, 11) is 0. The van der Waals surface area contributed by atoms with Gasteiger partial charge in [0.15, 0.2) is 5.58 Å². The van der Waals surface area contributed by atoms with E-state index < -0.39 is 0 Å². The van der Waals surface area contributed by atoms with Crippen molar-refractivity contribution in [3.8, 4) is 5.69 Å². The Morgan fingerprint density at radius 2 is 1.39 bits per heavy atom. The fourth-order valence-electron chi connectivity index (χ4n) is 3.75. The highest BCUT2D eigenvalue weighted by Gasteiger charge is 2.23. The largest absolute Gasteiger partial charge is 0.439 e. The molecule has 3 aromatic carbocycles. The lowest BCUT2D eigenvalue weighted by Crippen LogP contribution is -2.03. The lowest BCUT2D eigenvalue weighted by molar-refractivity contribution is 0.520. The van der Waals surface area contributed by atoms with Crippen LogP contribution in [0.5, 0.6) is 0 Å². The van der Waals surface area contributed by atoms with Gasteiger partial charge in [0.2, 0.25) is 5.89 Å². The molecular weight excluding hydrogens is 344 g/mol. The van der Waals surface area contributed by atoms with Gasteiger partial charge in [-0.2, -0.15) is 0 Å². The maximum absolute atomic E-state index is 6.32. The van der Waals surface area contributed by atoms with Crippen LogP contribution in [0.15, 0.2) is 102 Å². The molecule has 0 bridgehead atoms. The number of fused-ring (bicyclic) bond motifs is 1. The number of hydrogen-bond donors (Lipinski definition) is 0. The third kappa shape index (κ3) is 2.91. The Hall–Kier alpha value is -3.59. The molecule has 2 heterocycles. The number of aryl methyl sites for hydroxylation is 1. The molecule has 0 radical (unpaired) electrons. The van der Waals surface area contributed by atoms with Crippen LogP contribution in [-0.2, 0) is 0 Å². The van der Waals surface area contributed by atoms with Gasteiger partial charge in [-0.05, 0) is 47.9 Å². The molecule has 0 amide bonds. The van der Waals surface area contributed by atoms with Gasteiger partial charge in [-0.15, -0.1) is 0 Å². The summed E-state index contributed by atoms with van der Waals surface area (Å²) in [6.07, 6.45) is 4.08. The Labute approximate surface area is 163 Å². The van der Waals surface area contributed by atoms with Gasteiger partial charge >= 0.3 is 0 Å². The van der Waals surface area contributed by atoms with Crippen molar-refractivity contribution in [3.05, 3.63) is 120 Å². The van der Waals surface area contributed by atoms with Crippen molar-refractivity contribution in [1.82, 2.24) is 9.55 Å². The number of aromatic nitrogens is 2. The molecule has 0 unspecified atom stereocenters. The minimum atomic E-state index is -0.0378. The lowest BCUT2D eigenvalue weighted by atomic mass is 9.91. The number of benzene rings is 3. The second kappa shape index (κ2) is 6.86. The monoisotopic (exact) mass is 364 g/mol. The average Bonchev–Trinajstić information content (AvgIpc) is 3.40. The molecule has 0 atom stereocenters. The summed E-state index contributed by atoms with van der Waals surface area (Å²) in [5.74, 6) is 0.685. The van der Waals surface area contributed by atoms with E-state index in [9.17, 15) is 0 Å². The molecular formula is C25H20N2O. The van der Waals surface area contributed by atoms with Crippen LogP contribution in [0.4, 0.5) is 0 Å². The van der Waals surface area contributed by atoms with Gasteiger partial charge in [0.25, 0.3) is 0 Å².